The van der Waals surface area contributed by atoms with Gasteiger partial charge in [0, 0.05) is 38.8 Å². The molecule has 0 aromatic rings. The number of ether oxygens (including phenoxy) is 1. The molecule has 0 aromatic heterocycles. The van der Waals surface area contributed by atoms with Crippen LogP contribution in [0, 0.1) is 0 Å². The van der Waals surface area contributed by atoms with Crippen LogP contribution in [0.25, 0.3) is 0 Å². The van der Waals surface area contributed by atoms with E-state index in [1.54, 1.807) is 20.8 Å². The first-order valence-electron chi connectivity index (χ1n) is 9.29. The predicted molar refractivity (Wildman–Crippen MR) is 99.8 cm³/mol. The molecule has 2 amide bonds. The molecule has 2 aliphatic heterocycles. The SMILES string of the molecule is CC(C)(C)OC(=O)N1CCN(C2CCN(CCOS(C)(=O)=O)CC2)C(=O)C1. The largest absolute Gasteiger partial charge is 0.444 e. The molecule has 0 radical (unpaired) electrons. The molecule has 2 saturated heterocycles. The van der Waals surface area contributed by atoms with E-state index in [1.165, 1.54) is 4.90 Å². The van der Waals surface area contributed by atoms with Gasteiger partial charge in [0.05, 0.1) is 12.9 Å². The first kappa shape index (κ1) is 21.9. The zero-order valence-electron chi connectivity index (χ0n) is 16.6. The Bertz CT molecular complexity index is 638. The summed E-state index contributed by atoms with van der Waals surface area (Å²) in [4.78, 5) is 30.1. The Balaban J connectivity index is 1.76. The van der Waals surface area contributed by atoms with E-state index in [-0.39, 0.29) is 25.1 Å². The number of carbonyl (C=O) groups is 2. The quantitative estimate of drug-likeness (QED) is 0.615. The van der Waals surface area contributed by atoms with Gasteiger partial charge >= 0.3 is 6.09 Å². The lowest BCUT2D eigenvalue weighted by Crippen LogP contribution is -2.57. The second kappa shape index (κ2) is 8.74. The van der Waals surface area contributed by atoms with E-state index in [2.05, 4.69) is 4.90 Å². The lowest BCUT2D eigenvalue weighted by atomic mass is 10.0. The van der Waals surface area contributed by atoms with Gasteiger partial charge in [-0.15, -0.1) is 0 Å². The number of hydrogen-bond donors (Lipinski definition) is 0. The molecular weight excluding hydrogens is 374 g/mol. The molecule has 10 heteroatoms. The number of hydrogen-bond acceptors (Lipinski definition) is 7. The molecule has 9 nitrogen and oxygen atoms in total. The van der Waals surface area contributed by atoms with Crippen LogP contribution >= 0.6 is 0 Å². The zero-order chi connectivity index (χ0) is 20.2. The first-order valence-corrected chi connectivity index (χ1v) is 11.1. The van der Waals surface area contributed by atoms with Gasteiger partial charge in [0.2, 0.25) is 5.91 Å². The molecule has 0 bridgehead atoms. The minimum atomic E-state index is -3.41. The van der Waals surface area contributed by atoms with Gasteiger partial charge in [0.25, 0.3) is 10.1 Å². The van der Waals surface area contributed by atoms with Crippen LogP contribution in [0.1, 0.15) is 33.6 Å². The number of likely N-dealkylation sites (tertiary alicyclic amines) is 1. The van der Waals surface area contributed by atoms with Crippen molar-refractivity contribution in [3.8, 4) is 0 Å². The lowest BCUT2D eigenvalue weighted by Gasteiger charge is -2.42. The Morgan fingerprint density at radius 1 is 1.15 bits per heavy atom. The Kier molecular flexibility index (Phi) is 7.09. The Hall–Kier alpha value is -1.39. The highest BCUT2D eigenvalue weighted by Gasteiger charge is 2.34. The average Bonchev–Trinajstić information content (AvgIpc) is 2.53. The molecule has 0 saturated carbocycles. The van der Waals surface area contributed by atoms with Gasteiger partial charge in [-0.25, -0.2) is 4.79 Å². The van der Waals surface area contributed by atoms with Gasteiger partial charge in [0.15, 0.2) is 0 Å². The van der Waals surface area contributed by atoms with Crippen LogP contribution in [-0.2, 0) is 23.8 Å². The Labute approximate surface area is 161 Å². The second-order valence-electron chi connectivity index (χ2n) is 8.09. The number of carbonyl (C=O) groups excluding carboxylic acids is 2. The first-order chi connectivity index (χ1) is 12.4. The third kappa shape index (κ3) is 7.27. The summed E-state index contributed by atoms with van der Waals surface area (Å²) in [5.41, 5.74) is -0.578. The fourth-order valence-corrected chi connectivity index (χ4v) is 3.70. The maximum atomic E-state index is 12.5. The minimum Gasteiger partial charge on any atom is -0.444 e. The van der Waals surface area contributed by atoms with Crippen LogP contribution in [0.15, 0.2) is 0 Å². The second-order valence-corrected chi connectivity index (χ2v) is 9.73. The van der Waals surface area contributed by atoms with E-state index in [9.17, 15) is 18.0 Å². The molecule has 0 unspecified atom stereocenters. The maximum absolute atomic E-state index is 12.5. The van der Waals surface area contributed by atoms with Crippen molar-refractivity contribution in [3.05, 3.63) is 0 Å². The molecule has 2 rings (SSSR count). The molecule has 156 valence electrons. The highest BCUT2D eigenvalue weighted by Crippen LogP contribution is 2.20. The molecule has 27 heavy (non-hydrogen) atoms. The number of piperidine rings is 1. The predicted octanol–water partition coefficient (Wildman–Crippen LogP) is 0.506. The summed E-state index contributed by atoms with van der Waals surface area (Å²) in [5, 5.41) is 0. The van der Waals surface area contributed by atoms with Crippen LogP contribution in [0.4, 0.5) is 4.79 Å². The summed E-state index contributed by atoms with van der Waals surface area (Å²) in [6.45, 7) is 8.74. The van der Waals surface area contributed by atoms with E-state index in [0.717, 1.165) is 32.2 Å². The van der Waals surface area contributed by atoms with Crippen LogP contribution in [0.2, 0.25) is 0 Å². The fourth-order valence-electron chi connectivity index (χ4n) is 3.33. The van der Waals surface area contributed by atoms with Gasteiger partial charge in [0.1, 0.15) is 12.1 Å². The van der Waals surface area contributed by atoms with E-state index in [1.807, 2.05) is 4.90 Å². The fraction of sp³-hybridized carbons (Fsp3) is 0.882. The molecule has 2 aliphatic rings. The topological polar surface area (TPSA) is 96.5 Å². The van der Waals surface area contributed by atoms with Crippen LogP contribution in [0.5, 0.6) is 0 Å². The summed E-state index contributed by atoms with van der Waals surface area (Å²) in [7, 11) is -3.41. The molecule has 0 N–H and O–H groups in total. The molecule has 0 spiro atoms. The van der Waals surface area contributed by atoms with Crippen molar-refractivity contribution >= 4 is 22.1 Å². The smallest absolute Gasteiger partial charge is 0.410 e. The Morgan fingerprint density at radius 2 is 1.78 bits per heavy atom. The summed E-state index contributed by atoms with van der Waals surface area (Å²) >= 11 is 0. The van der Waals surface area contributed by atoms with Crippen molar-refractivity contribution in [1.29, 1.82) is 0 Å². The van der Waals surface area contributed by atoms with Gasteiger partial charge in [-0.1, -0.05) is 0 Å². The van der Waals surface area contributed by atoms with Gasteiger partial charge in [-0.3, -0.25) is 13.9 Å². The van der Waals surface area contributed by atoms with Crippen molar-refractivity contribution in [2.75, 3.05) is 52.1 Å². The van der Waals surface area contributed by atoms with Crippen molar-refractivity contribution in [2.45, 2.75) is 45.3 Å². The molecule has 0 atom stereocenters. The van der Waals surface area contributed by atoms with Crippen LogP contribution < -0.4 is 0 Å². The Morgan fingerprint density at radius 3 is 2.30 bits per heavy atom. The molecule has 0 aliphatic carbocycles. The molecule has 0 aromatic carbocycles. The summed E-state index contributed by atoms with van der Waals surface area (Å²) < 4.78 is 32.1. The molecule has 2 heterocycles. The van der Waals surface area contributed by atoms with Crippen molar-refractivity contribution in [1.82, 2.24) is 14.7 Å². The van der Waals surface area contributed by atoms with Crippen LogP contribution in [0.3, 0.4) is 0 Å². The van der Waals surface area contributed by atoms with Gasteiger partial charge < -0.3 is 14.5 Å². The van der Waals surface area contributed by atoms with Crippen molar-refractivity contribution < 1.29 is 26.9 Å². The summed E-state index contributed by atoms with van der Waals surface area (Å²) in [5.74, 6) is -0.0500. The third-order valence-corrected chi connectivity index (χ3v) is 5.21. The van der Waals surface area contributed by atoms with Crippen LogP contribution in [-0.4, -0.2) is 98.9 Å². The van der Waals surface area contributed by atoms with E-state index >= 15 is 0 Å². The highest BCUT2D eigenvalue weighted by molar-refractivity contribution is 7.85. The number of amides is 2. The lowest BCUT2D eigenvalue weighted by molar-refractivity contribution is -0.139. The summed E-state index contributed by atoms with van der Waals surface area (Å²) in [6.07, 6.45) is 2.26. The normalized spacial score (nSPS) is 20.8. The van der Waals surface area contributed by atoms with E-state index in [4.69, 9.17) is 8.92 Å². The maximum Gasteiger partial charge on any atom is 0.410 e. The number of nitrogens with zero attached hydrogens (tertiary/aromatic N) is 3. The van der Waals surface area contributed by atoms with E-state index < -0.39 is 21.8 Å². The third-order valence-electron chi connectivity index (χ3n) is 4.61. The standard InChI is InChI=1S/C17H31N3O6S/c1-17(2,3)26-16(22)19-9-10-20(15(21)13-19)14-5-7-18(8-6-14)11-12-25-27(4,23)24/h14H,5-13H2,1-4H3. The van der Waals surface area contributed by atoms with Gasteiger partial charge in [-0.05, 0) is 33.6 Å². The average molecular weight is 406 g/mol. The molecule has 2 fully saturated rings. The summed E-state index contributed by atoms with van der Waals surface area (Å²) in [6, 6.07) is 0.158. The van der Waals surface area contributed by atoms with E-state index in [0.29, 0.717) is 19.6 Å². The monoisotopic (exact) mass is 405 g/mol. The minimum absolute atomic E-state index is 0.0500. The van der Waals surface area contributed by atoms with Crippen molar-refractivity contribution in [3.63, 3.8) is 0 Å². The zero-order valence-corrected chi connectivity index (χ0v) is 17.5. The number of rotatable bonds is 5. The number of piperazine rings is 1. The van der Waals surface area contributed by atoms with Gasteiger partial charge in [-0.2, -0.15) is 8.42 Å². The molecular formula is C17H31N3O6S. The highest BCUT2D eigenvalue weighted by atomic mass is 32.2. The van der Waals surface area contributed by atoms with Crippen molar-refractivity contribution in [2.24, 2.45) is 0 Å².